The zero-order valence-electron chi connectivity index (χ0n) is 18.7. The maximum absolute atomic E-state index is 6.39. The lowest BCUT2D eigenvalue weighted by atomic mass is 10.2. The van der Waals surface area contributed by atoms with Gasteiger partial charge in [0, 0.05) is 37.6 Å². The van der Waals surface area contributed by atoms with Gasteiger partial charge in [-0.1, -0.05) is 23.7 Å². The van der Waals surface area contributed by atoms with Crippen LogP contribution in [0.1, 0.15) is 23.4 Å². The summed E-state index contributed by atoms with van der Waals surface area (Å²) in [7, 11) is 0. The van der Waals surface area contributed by atoms with Crippen LogP contribution in [0.3, 0.4) is 0 Å². The van der Waals surface area contributed by atoms with E-state index in [1.165, 1.54) is 0 Å². The molecule has 0 saturated carbocycles. The molecule has 0 amide bonds. The second kappa shape index (κ2) is 12.1. The summed E-state index contributed by atoms with van der Waals surface area (Å²) < 4.78 is 5.40. The van der Waals surface area contributed by atoms with Crippen molar-refractivity contribution in [3.63, 3.8) is 0 Å². The number of thiocarbonyl (C=S) groups is 1. The molecule has 1 aromatic carbocycles. The van der Waals surface area contributed by atoms with E-state index in [9.17, 15) is 0 Å². The molecule has 32 heavy (non-hydrogen) atoms. The lowest BCUT2D eigenvalue weighted by Gasteiger charge is -2.26. The lowest BCUT2D eigenvalue weighted by molar-refractivity contribution is 0.0377. The number of aryl methyl sites for hydroxylation is 3. The van der Waals surface area contributed by atoms with Gasteiger partial charge in [-0.3, -0.25) is 15.2 Å². The monoisotopic (exact) mass is 475 g/mol. The number of hydrogen-bond donors (Lipinski definition) is 3. The Balaban J connectivity index is 1.65. The van der Waals surface area contributed by atoms with Crippen molar-refractivity contribution in [2.75, 3.05) is 50.0 Å². The first-order valence-electron chi connectivity index (χ1n) is 10.7. The summed E-state index contributed by atoms with van der Waals surface area (Å²) in [5, 5.41) is 10.4. The number of hydrogen-bond acceptors (Lipinski definition) is 6. The summed E-state index contributed by atoms with van der Waals surface area (Å²) in [5.41, 5.74) is 3.45. The number of nitrogens with one attached hydrogen (secondary N) is 3. The molecule has 10 heteroatoms. The molecule has 1 aliphatic heterocycles. The molecule has 0 bridgehead atoms. The van der Waals surface area contributed by atoms with Crippen LogP contribution in [0.4, 0.5) is 11.6 Å². The van der Waals surface area contributed by atoms with Crippen LogP contribution in [-0.4, -0.2) is 65.3 Å². The first-order chi connectivity index (χ1) is 15.4. The van der Waals surface area contributed by atoms with E-state index in [-0.39, 0.29) is 0 Å². The van der Waals surface area contributed by atoms with Crippen molar-refractivity contribution in [1.29, 1.82) is 0 Å². The summed E-state index contributed by atoms with van der Waals surface area (Å²) in [6.07, 6.45) is 0.921. The zero-order chi connectivity index (χ0) is 22.9. The number of halogens is 1. The largest absolute Gasteiger partial charge is 0.379 e. The average molecular weight is 476 g/mol. The topological polar surface area (TPSA) is 86.7 Å². The molecule has 3 rings (SSSR count). The van der Waals surface area contributed by atoms with Crippen LogP contribution in [-0.2, 0) is 4.74 Å². The molecule has 0 atom stereocenters. The maximum Gasteiger partial charge on any atom is 0.229 e. The summed E-state index contributed by atoms with van der Waals surface area (Å²) in [5.74, 6) is 0.955. The predicted molar refractivity (Wildman–Crippen MR) is 135 cm³/mol. The third-order valence-electron chi connectivity index (χ3n) is 4.89. The molecule has 172 valence electrons. The third-order valence-corrected chi connectivity index (χ3v) is 5.60. The standard InChI is InChI=1S/C22H30ClN7OS/c1-15-6-4-7-18(19(15)23)27-22(32)29-20(28-21-25-16(2)14-17(3)26-21)24-8-5-9-30-10-12-31-13-11-30/h4,6-7,14H,5,8-13H2,1-3H3,(H3,24,25,26,27,28,29,32). The fourth-order valence-corrected chi connectivity index (χ4v) is 3.69. The van der Waals surface area contributed by atoms with Gasteiger partial charge in [-0.2, -0.15) is 0 Å². The van der Waals surface area contributed by atoms with Gasteiger partial charge in [0.1, 0.15) is 0 Å². The average Bonchev–Trinajstić information content (AvgIpc) is 2.74. The van der Waals surface area contributed by atoms with Crippen LogP contribution in [0.2, 0.25) is 5.02 Å². The number of aromatic nitrogens is 2. The van der Waals surface area contributed by atoms with Crippen molar-refractivity contribution >= 4 is 46.5 Å². The summed E-state index contributed by atoms with van der Waals surface area (Å²) in [6, 6.07) is 7.67. The Morgan fingerprint density at radius 1 is 1.16 bits per heavy atom. The van der Waals surface area contributed by atoms with Crippen LogP contribution >= 0.6 is 23.8 Å². The van der Waals surface area contributed by atoms with Gasteiger partial charge >= 0.3 is 0 Å². The molecule has 8 nitrogen and oxygen atoms in total. The number of anilines is 2. The van der Waals surface area contributed by atoms with Crippen molar-refractivity contribution in [3.8, 4) is 0 Å². The van der Waals surface area contributed by atoms with Crippen molar-refractivity contribution in [3.05, 3.63) is 46.2 Å². The Kier molecular flexibility index (Phi) is 9.16. The SMILES string of the molecule is Cc1cc(C)nc(NC(=NCCCN2CCOCC2)NC(=S)Nc2cccc(C)c2Cl)n1. The Bertz CT molecular complexity index is 943. The Morgan fingerprint density at radius 2 is 1.88 bits per heavy atom. The molecule has 0 unspecified atom stereocenters. The van der Waals surface area contributed by atoms with Gasteiger partial charge in [0.25, 0.3) is 0 Å². The highest BCUT2D eigenvalue weighted by Crippen LogP contribution is 2.24. The first-order valence-corrected chi connectivity index (χ1v) is 11.5. The highest BCUT2D eigenvalue weighted by molar-refractivity contribution is 7.80. The summed E-state index contributed by atoms with van der Waals surface area (Å²) in [4.78, 5) is 16.0. The molecule has 2 aromatic rings. The van der Waals surface area contributed by atoms with Gasteiger partial charge in [-0.05, 0) is 57.1 Å². The van der Waals surface area contributed by atoms with Gasteiger partial charge in [-0.15, -0.1) is 0 Å². The van der Waals surface area contributed by atoms with Crippen molar-refractivity contribution < 1.29 is 4.74 Å². The Hall–Kier alpha value is -2.33. The predicted octanol–water partition coefficient (Wildman–Crippen LogP) is 3.53. The minimum atomic E-state index is 0.376. The second-order valence-corrected chi connectivity index (χ2v) is 8.44. The van der Waals surface area contributed by atoms with Crippen LogP contribution in [0.25, 0.3) is 0 Å². The molecular weight excluding hydrogens is 446 g/mol. The van der Waals surface area contributed by atoms with E-state index in [0.717, 1.165) is 61.9 Å². The second-order valence-electron chi connectivity index (χ2n) is 7.65. The van der Waals surface area contributed by atoms with Crippen LogP contribution in [0.5, 0.6) is 0 Å². The summed E-state index contributed by atoms with van der Waals surface area (Å²) >= 11 is 11.9. The molecule has 0 spiro atoms. The van der Waals surface area contributed by atoms with Crippen LogP contribution in [0.15, 0.2) is 29.3 Å². The number of morpholine rings is 1. The van der Waals surface area contributed by atoms with Gasteiger partial charge in [0.2, 0.25) is 11.9 Å². The van der Waals surface area contributed by atoms with E-state index in [0.29, 0.717) is 28.6 Å². The van der Waals surface area contributed by atoms with E-state index in [1.54, 1.807) is 0 Å². The van der Waals surface area contributed by atoms with E-state index >= 15 is 0 Å². The lowest BCUT2D eigenvalue weighted by Crippen LogP contribution is -2.39. The van der Waals surface area contributed by atoms with Crippen molar-refractivity contribution in [2.24, 2.45) is 4.99 Å². The molecule has 1 fully saturated rings. The molecule has 0 radical (unpaired) electrons. The first kappa shape index (κ1) is 24.3. The fraction of sp³-hybridized carbons (Fsp3) is 0.455. The fourth-order valence-electron chi connectivity index (χ4n) is 3.31. The number of aliphatic imine (C=N–C) groups is 1. The van der Waals surface area contributed by atoms with Crippen molar-refractivity contribution in [1.82, 2.24) is 20.2 Å². The van der Waals surface area contributed by atoms with E-state index in [2.05, 4.69) is 35.8 Å². The normalized spacial score (nSPS) is 14.8. The molecule has 3 N–H and O–H groups in total. The molecule has 2 heterocycles. The Morgan fingerprint density at radius 3 is 2.59 bits per heavy atom. The molecular formula is C22H30ClN7OS. The molecule has 1 saturated heterocycles. The number of benzene rings is 1. The highest BCUT2D eigenvalue weighted by atomic mass is 35.5. The van der Waals surface area contributed by atoms with Crippen LogP contribution in [0, 0.1) is 20.8 Å². The highest BCUT2D eigenvalue weighted by Gasteiger charge is 2.11. The smallest absolute Gasteiger partial charge is 0.229 e. The van der Waals surface area contributed by atoms with E-state index in [1.807, 2.05) is 45.0 Å². The van der Waals surface area contributed by atoms with Gasteiger partial charge < -0.3 is 15.4 Å². The maximum atomic E-state index is 6.39. The number of rotatable bonds is 6. The Labute approximate surface area is 199 Å². The number of ether oxygens (including phenoxy) is 1. The minimum Gasteiger partial charge on any atom is -0.379 e. The summed E-state index contributed by atoms with van der Waals surface area (Å²) in [6.45, 7) is 10.9. The van der Waals surface area contributed by atoms with E-state index < -0.39 is 0 Å². The van der Waals surface area contributed by atoms with E-state index in [4.69, 9.17) is 28.6 Å². The molecule has 0 aliphatic carbocycles. The van der Waals surface area contributed by atoms with Crippen molar-refractivity contribution in [2.45, 2.75) is 27.2 Å². The molecule has 1 aromatic heterocycles. The minimum absolute atomic E-state index is 0.376. The van der Waals surface area contributed by atoms with Crippen LogP contribution < -0.4 is 16.0 Å². The zero-order valence-corrected chi connectivity index (χ0v) is 20.3. The van der Waals surface area contributed by atoms with Gasteiger partial charge in [-0.25, -0.2) is 9.97 Å². The van der Waals surface area contributed by atoms with Gasteiger partial charge in [0.05, 0.1) is 23.9 Å². The third kappa shape index (κ3) is 7.67. The number of nitrogens with zero attached hydrogens (tertiary/aromatic N) is 4. The quantitative estimate of drug-likeness (QED) is 0.253. The number of guanidine groups is 1. The van der Waals surface area contributed by atoms with Gasteiger partial charge in [0.15, 0.2) is 5.11 Å². The molecule has 1 aliphatic rings.